The van der Waals surface area contributed by atoms with Crippen molar-refractivity contribution in [3.8, 4) is 0 Å². The molecule has 1 saturated heterocycles. The number of aryl methyl sites for hydroxylation is 2. The summed E-state index contributed by atoms with van der Waals surface area (Å²) >= 11 is 6.15. The fraction of sp³-hybridized carbons (Fsp3) is 0.500. The molecular weight excluding hydrogens is 508 g/mol. The number of aromatic nitrogens is 1. The van der Waals surface area contributed by atoms with Crippen LogP contribution in [0.2, 0.25) is 5.02 Å². The largest absolute Gasteiger partial charge is 0.361 e. The molecule has 0 saturated carbocycles. The lowest BCUT2D eigenvalue weighted by Crippen LogP contribution is -2.52. The van der Waals surface area contributed by atoms with Crippen LogP contribution in [0.1, 0.15) is 22.6 Å². The molecule has 3 rings (SSSR count). The van der Waals surface area contributed by atoms with E-state index < -0.39 is 0 Å². The van der Waals surface area contributed by atoms with Crippen molar-refractivity contribution in [1.82, 2.24) is 20.3 Å². The van der Waals surface area contributed by atoms with Crippen LogP contribution in [0.15, 0.2) is 27.7 Å². The van der Waals surface area contributed by atoms with Crippen LogP contribution in [0.5, 0.6) is 0 Å². The third-order valence-corrected chi connectivity index (χ3v) is 5.52. The molecule has 1 aromatic heterocycles. The molecule has 0 unspecified atom stereocenters. The summed E-state index contributed by atoms with van der Waals surface area (Å²) in [7, 11) is 1.80. The first-order chi connectivity index (χ1) is 13.5. The maximum absolute atomic E-state index is 14.0. The maximum atomic E-state index is 14.0. The summed E-state index contributed by atoms with van der Waals surface area (Å²) in [6.07, 6.45) is 0.839. The first-order valence-corrected chi connectivity index (χ1v) is 9.90. The van der Waals surface area contributed by atoms with Crippen molar-refractivity contribution in [1.29, 1.82) is 0 Å². The Morgan fingerprint density at radius 2 is 1.97 bits per heavy atom. The molecule has 1 aliphatic heterocycles. The summed E-state index contributed by atoms with van der Waals surface area (Å²) in [4.78, 5) is 8.85. The predicted octanol–water partition coefficient (Wildman–Crippen LogP) is 3.64. The summed E-state index contributed by atoms with van der Waals surface area (Å²) in [6, 6.07) is 4.83. The van der Waals surface area contributed by atoms with Gasteiger partial charge in [0.2, 0.25) is 0 Å². The van der Waals surface area contributed by atoms with Crippen LogP contribution in [0.25, 0.3) is 0 Å². The highest BCUT2D eigenvalue weighted by Gasteiger charge is 2.21. The Hall–Kier alpha value is -1.39. The Morgan fingerprint density at radius 3 is 2.55 bits per heavy atom. The van der Waals surface area contributed by atoms with Crippen molar-refractivity contribution >= 4 is 41.5 Å². The Bertz CT molecular complexity index is 797. The number of piperazine rings is 1. The average Bonchev–Trinajstić information content (AvgIpc) is 3.01. The van der Waals surface area contributed by atoms with Crippen molar-refractivity contribution in [2.24, 2.45) is 4.99 Å². The van der Waals surface area contributed by atoms with Gasteiger partial charge in [-0.05, 0) is 32.4 Å². The van der Waals surface area contributed by atoms with Crippen molar-refractivity contribution in [2.75, 3.05) is 39.8 Å². The van der Waals surface area contributed by atoms with Crippen LogP contribution in [-0.4, -0.2) is 60.7 Å². The van der Waals surface area contributed by atoms with Gasteiger partial charge in [0, 0.05) is 62.5 Å². The molecule has 2 aromatic rings. The summed E-state index contributed by atoms with van der Waals surface area (Å²) in [6.45, 7) is 8.50. The maximum Gasteiger partial charge on any atom is 0.193 e. The van der Waals surface area contributed by atoms with E-state index >= 15 is 0 Å². The van der Waals surface area contributed by atoms with E-state index in [0.29, 0.717) is 17.1 Å². The van der Waals surface area contributed by atoms with E-state index in [1.807, 2.05) is 13.8 Å². The van der Waals surface area contributed by atoms with Crippen LogP contribution in [0.4, 0.5) is 4.39 Å². The molecule has 0 radical (unpaired) electrons. The zero-order valence-electron chi connectivity index (χ0n) is 17.0. The zero-order valence-corrected chi connectivity index (χ0v) is 20.1. The number of hydrogen-bond acceptors (Lipinski definition) is 4. The van der Waals surface area contributed by atoms with E-state index in [2.05, 4.69) is 25.3 Å². The predicted molar refractivity (Wildman–Crippen MR) is 125 cm³/mol. The molecule has 1 aliphatic rings. The molecule has 6 nitrogen and oxygen atoms in total. The third-order valence-electron chi connectivity index (χ3n) is 5.17. The van der Waals surface area contributed by atoms with E-state index in [1.165, 1.54) is 6.07 Å². The second-order valence-electron chi connectivity index (χ2n) is 6.99. The van der Waals surface area contributed by atoms with Gasteiger partial charge in [0.1, 0.15) is 11.6 Å². The first-order valence-electron chi connectivity index (χ1n) is 9.52. The smallest absolute Gasteiger partial charge is 0.193 e. The summed E-state index contributed by atoms with van der Waals surface area (Å²) < 4.78 is 19.2. The highest BCUT2D eigenvalue weighted by Crippen LogP contribution is 2.21. The average molecular weight is 536 g/mol. The van der Waals surface area contributed by atoms with E-state index in [9.17, 15) is 4.39 Å². The van der Waals surface area contributed by atoms with E-state index in [4.69, 9.17) is 16.1 Å². The lowest BCUT2D eigenvalue weighted by molar-refractivity contribution is 0.171. The molecule has 29 heavy (non-hydrogen) atoms. The summed E-state index contributed by atoms with van der Waals surface area (Å²) in [5.74, 6) is 1.51. The fourth-order valence-corrected chi connectivity index (χ4v) is 3.74. The number of guanidine groups is 1. The van der Waals surface area contributed by atoms with Crippen LogP contribution < -0.4 is 5.32 Å². The van der Waals surface area contributed by atoms with Gasteiger partial charge >= 0.3 is 0 Å². The third kappa shape index (κ3) is 6.05. The topological polar surface area (TPSA) is 56.9 Å². The molecule has 0 bridgehead atoms. The lowest BCUT2D eigenvalue weighted by atomic mass is 10.1. The molecule has 1 fully saturated rings. The van der Waals surface area contributed by atoms with Gasteiger partial charge in [0.05, 0.1) is 5.69 Å². The number of hydrogen-bond donors (Lipinski definition) is 1. The van der Waals surface area contributed by atoms with Crippen LogP contribution in [0.3, 0.4) is 0 Å². The van der Waals surface area contributed by atoms with Gasteiger partial charge in [-0.3, -0.25) is 9.89 Å². The second kappa shape index (κ2) is 11.1. The number of halogens is 3. The minimum Gasteiger partial charge on any atom is -0.361 e. The van der Waals surface area contributed by atoms with Gasteiger partial charge in [-0.2, -0.15) is 0 Å². The van der Waals surface area contributed by atoms with E-state index in [0.717, 1.165) is 62.1 Å². The molecule has 9 heteroatoms. The van der Waals surface area contributed by atoms with Gasteiger partial charge in [-0.25, -0.2) is 4.39 Å². The van der Waals surface area contributed by atoms with E-state index in [-0.39, 0.29) is 29.8 Å². The summed E-state index contributed by atoms with van der Waals surface area (Å²) in [5.41, 5.74) is 2.66. The Kier molecular flexibility index (Phi) is 9.16. The molecular formula is C20H28ClFIN5O. The SMILES string of the molecule is CN=C(NCCc1c(C)noc1C)N1CCN(Cc2c(F)cccc2Cl)CC1.I. The van der Waals surface area contributed by atoms with Crippen LogP contribution in [-0.2, 0) is 13.0 Å². The zero-order chi connectivity index (χ0) is 20.1. The summed E-state index contributed by atoms with van der Waals surface area (Å²) in [5, 5.41) is 7.90. The normalized spacial score (nSPS) is 15.3. The van der Waals surface area contributed by atoms with Crippen molar-refractivity contribution in [3.05, 3.63) is 51.6 Å². The minimum atomic E-state index is -0.244. The highest BCUT2D eigenvalue weighted by atomic mass is 127. The van der Waals surface area contributed by atoms with Gasteiger partial charge in [-0.15, -0.1) is 24.0 Å². The van der Waals surface area contributed by atoms with Crippen molar-refractivity contribution < 1.29 is 8.91 Å². The molecule has 0 atom stereocenters. The van der Waals surface area contributed by atoms with Crippen molar-refractivity contribution in [3.63, 3.8) is 0 Å². The molecule has 1 aromatic carbocycles. The number of nitrogens with zero attached hydrogens (tertiary/aromatic N) is 4. The quantitative estimate of drug-likeness (QED) is 0.360. The van der Waals surface area contributed by atoms with Gasteiger partial charge in [-0.1, -0.05) is 22.8 Å². The molecule has 160 valence electrons. The molecule has 0 amide bonds. The Labute approximate surface area is 193 Å². The van der Waals surface area contributed by atoms with E-state index in [1.54, 1.807) is 19.2 Å². The van der Waals surface area contributed by atoms with Crippen LogP contribution in [0, 0.1) is 19.7 Å². The number of benzene rings is 1. The molecule has 0 spiro atoms. The number of aliphatic imine (C=N–C) groups is 1. The monoisotopic (exact) mass is 535 g/mol. The second-order valence-corrected chi connectivity index (χ2v) is 7.40. The molecule has 0 aliphatic carbocycles. The fourth-order valence-electron chi connectivity index (χ4n) is 3.52. The number of rotatable bonds is 5. The molecule has 2 heterocycles. The Morgan fingerprint density at radius 1 is 1.24 bits per heavy atom. The Balaban J connectivity index is 0.00000300. The van der Waals surface area contributed by atoms with Crippen molar-refractivity contribution in [2.45, 2.75) is 26.8 Å². The minimum absolute atomic E-state index is 0. The first kappa shape index (κ1) is 23.9. The van der Waals surface area contributed by atoms with Crippen LogP contribution >= 0.6 is 35.6 Å². The molecule has 1 N–H and O–H groups in total. The lowest BCUT2D eigenvalue weighted by Gasteiger charge is -2.36. The van der Waals surface area contributed by atoms with Gasteiger partial charge < -0.3 is 14.7 Å². The van der Waals surface area contributed by atoms with Gasteiger partial charge in [0.15, 0.2) is 5.96 Å². The number of nitrogens with one attached hydrogen (secondary N) is 1. The standard InChI is InChI=1S/C20H27ClFN5O.HI/c1-14-16(15(2)28-25-14)7-8-24-20(23-3)27-11-9-26(10-12-27)13-17-18(21)5-4-6-19(17)22;/h4-6H,7-13H2,1-3H3,(H,23,24);1H. The van der Waals surface area contributed by atoms with Gasteiger partial charge in [0.25, 0.3) is 0 Å². The highest BCUT2D eigenvalue weighted by molar-refractivity contribution is 14.0.